The molecule has 0 aliphatic carbocycles. The molecule has 0 aromatic carbocycles. The molecular weight excluding hydrogens is 258 g/mol. The predicted octanol–water partition coefficient (Wildman–Crippen LogP) is 1.51. The number of nitrogens with zero attached hydrogens (tertiary/aromatic N) is 2. The van der Waals surface area contributed by atoms with Gasteiger partial charge in [0, 0.05) is 18.7 Å². The van der Waals surface area contributed by atoms with Gasteiger partial charge in [0.2, 0.25) is 5.91 Å². The van der Waals surface area contributed by atoms with E-state index < -0.39 is 5.97 Å². The third-order valence-electron chi connectivity index (χ3n) is 3.21. The first-order valence-corrected chi connectivity index (χ1v) is 6.88. The molecular formula is C14H23N3O3. The Kier molecular flexibility index (Phi) is 6.21. The van der Waals surface area contributed by atoms with Gasteiger partial charge in [-0.3, -0.25) is 14.3 Å². The lowest BCUT2D eigenvalue weighted by atomic mass is 10.0. The van der Waals surface area contributed by atoms with Gasteiger partial charge in [0.1, 0.15) is 6.54 Å². The Morgan fingerprint density at radius 2 is 2.10 bits per heavy atom. The van der Waals surface area contributed by atoms with Gasteiger partial charge in [0.15, 0.2) is 0 Å². The predicted molar refractivity (Wildman–Crippen MR) is 75.4 cm³/mol. The fraction of sp³-hybridized carbons (Fsp3) is 0.643. The number of aromatic nitrogens is 2. The Labute approximate surface area is 119 Å². The largest absolute Gasteiger partial charge is 0.481 e. The maximum Gasteiger partial charge on any atom is 0.303 e. The van der Waals surface area contributed by atoms with E-state index in [0.29, 0.717) is 18.9 Å². The van der Waals surface area contributed by atoms with Crippen molar-refractivity contribution in [3.8, 4) is 0 Å². The molecule has 0 radical (unpaired) electrons. The monoisotopic (exact) mass is 281 g/mol. The zero-order valence-electron chi connectivity index (χ0n) is 12.3. The number of hydrogen-bond acceptors (Lipinski definition) is 3. The van der Waals surface area contributed by atoms with Crippen molar-refractivity contribution in [2.45, 2.75) is 46.6 Å². The molecule has 1 unspecified atom stereocenters. The first-order valence-electron chi connectivity index (χ1n) is 6.88. The zero-order chi connectivity index (χ0) is 15.1. The third-order valence-corrected chi connectivity index (χ3v) is 3.21. The number of aryl methyl sites for hydroxylation is 2. The molecule has 0 spiro atoms. The van der Waals surface area contributed by atoms with E-state index in [-0.39, 0.29) is 18.9 Å². The van der Waals surface area contributed by atoms with Gasteiger partial charge in [-0.05, 0) is 38.7 Å². The number of rotatable bonds is 8. The van der Waals surface area contributed by atoms with Gasteiger partial charge in [-0.1, -0.05) is 6.92 Å². The fourth-order valence-electron chi connectivity index (χ4n) is 2.00. The number of carboxylic acids is 1. The molecule has 1 aromatic rings. The second-order valence-electron chi connectivity index (χ2n) is 5.26. The van der Waals surface area contributed by atoms with Crippen LogP contribution in [0.2, 0.25) is 0 Å². The fourth-order valence-corrected chi connectivity index (χ4v) is 2.00. The molecule has 6 nitrogen and oxygen atoms in total. The van der Waals surface area contributed by atoms with Gasteiger partial charge in [0.05, 0.1) is 5.69 Å². The van der Waals surface area contributed by atoms with E-state index in [0.717, 1.165) is 17.8 Å². The van der Waals surface area contributed by atoms with Gasteiger partial charge in [-0.25, -0.2) is 0 Å². The Morgan fingerprint density at radius 1 is 1.40 bits per heavy atom. The van der Waals surface area contributed by atoms with E-state index >= 15 is 0 Å². The SMILES string of the molecule is Cc1cc(C)n(CC(=O)NCCC(C)CCC(=O)O)n1. The van der Waals surface area contributed by atoms with Gasteiger partial charge < -0.3 is 10.4 Å². The quantitative estimate of drug-likeness (QED) is 0.756. The average molecular weight is 281 g/mol. The molecule has 1 atom stereocenters. The molecule has 1 aromatic heterocycles. The highest BCUT2D eigenvalue weighted by molar-refractivity contribution is 5.75. The van der Waals surface area contributed by atoms with Crippen LogP contribution in [0.1, 0.15) is 37.6 Å². The van der Waals surface area contributed by atoms with Crippen molar-refractivity contribution >= 4 is 11.9 Å². The lowest BCUT2D eigenvalue weighted by Gasteiger charge is -2.11. The molecule has 112 valence electrons. The highest BCUT2D eigenvalue weighted by Gasteiger charge is 2.09. The van der Waals surface area contributed by atoms with Crippen molar-refractivity contribution in [2.75, 3.05) is 6.54 Å². The van der Waals surface area contributed by atoms with Crippen LogP contribution in [-0.2, 0) is 16.1 Å². The summed E-state index contributed by atoms with van der Waals surface area (Å²) in [7, 11) is 0. The molecule has 0 bridgehead atoms. The van der Waals surface area contributed by atoms with E-state index in [2.05, 4.69) is 10.4 Å². The molecule has 1 rings (SSSR count). The Hall–Kier alpha value is -1.85. The number of carbonyl (C=O) groups excluding carboxylic acids is 1. The van der Waals surface area contributed by atoms with Crippen LogP contribution in [0.25, 0.3) is 0 Å². The van der Waals surface area contributed by atoms with Crippen LogP contribution in [0.4, 0.5) is 0 Å². The minimum atomic E-state index is -0.773. The topological polar surface area (TPSA) is 84.2 Å². The van der Waals surface area contributed by atoms with Crippen LogP contribution in [0.5, 0.6) is 0 Å². The van der Waals surface area contributed by atoms with Crippen molar-refractivity contribution in [1.82, 2.24) is 15.1 Å². The molecule has 2 N–H and O–H groups in total. The maximum absolute atomic E-state index is 11.8. The Balaban J connectivity index is 2.23. The van der Waals surface area contributed by atoms with Crippen LogP contribution in [0.15, 0.2) is 6.07 Å². The molecule has 20 heavy (non-hydrogen) atoms. The van der Waals surface area contributed by atoms with Gasteiger partial charge in [-0.15, -0.1) is 0 Å². The summed E-state index contributed by atoms with van der Waals surface area (Å²) in [6.07, 6.45) is 1.61. The number of amides is 1. The lowest BCUT2D eigenvalue weighted by molar-refractivity contribution is -0.137. The normalized spacial score (nSPS) is 12.2. The van der Waals surface area contributed by atoms with Crippen molar-refractivity contribution in [3.63, 3.8) is 0 Å². The summed E-state index contributed by atoms with van der Waals surface area (Å²) in [5.41, 5.74) is 1.87. The molecule has 0 saturated carbocycles. The molecule has 0 aliphatic rings. The van der Waals surface area contributed by atoms with Crippen molar-refractivity contribution in [1.29, 1.82) is 0 Å². The minimum absolute atomic E-state index is 0.0679. The van der Waals surface area contributed by atoms with E-state index in [1.165, 1.54) is 0 Å². The van der Waals surface area contributed by atoms with Crippen LogP contribution >= 0.6 is 0 Å². The molecule has 0 aliphatic heterocycles. The van der Waals surface area contributed by atoms with Crippen molar-refractivity contribution in [2.24, 2.45) is 5.92 Å². The second kappa shape index (κ2) is 7.67. The maximum atomic E-state index is 11.8. The van der Waals surface area contributed by atoms with Gasteiger partial charge in [0.25, 0.3) is 0 Å². The Morgan fingerprint density at radius 3 is 2.65 bits per heavy atom. The summed E-state index contributed by atoms with van der Waals surface area (Å²) in [6.45, 7) is 6.60. The smallest absolute Gasteiger partial charge is 0.303 e. The van der Waals surface area contributed by atoms with E-state index in [1.807, 2.05) is 26.8 Å². The van der Waals surface area contributed by atoms with Crippen LogP contribution < -0.4 is 5.32 Å². The minimum Gasteiger partial charge on any atom is -0.481 e. The van der Waals surface area contributed by atoms with Crippen LogP contribution in [0, 0.1) is 19.8 Å². The summed E-state index contributed by atoms with van der Waals surface area (Å²) in [6, 6.07) is 1.93. The molecule has 1 amide bonds. The van der Waals surface area contributed by atoms with Crippen LogP contribution in [0.3, 0.4) is 0 Å². The number of carboxylic acid groups (broad SMARTS) is 1. The summed E-state index contributed by atoms with van der Waals surface area (Å²) in [4.78, 5) is 22.2. The number of carbonyl (C=O) groups is 2. The first-order chi connectivity index (χ1) is 9.38. The molecule has 0 saturated heterocycles. The standard InChI is InChI=1S/C14H23N3O3/c1-10(4-5-14(19)20)6-7-15-13(18)9-17-12(3)8-11(2)16-17/h8,10H,4-7,9H2,1-3H3,(H,15,18)(H,19,20). The van der Waals surface area contributed by atoms with Crippen molar-refractivity contribution < 1.29 is 14.7 Å². The lowest BCUT2D eigenvalue weighted by Crippen LogP contribution is -2.30. The summed E-state index contributed by atoms with van der Waals surface area (Å²) in [5.74, 6) is -0.549. The van der Waals surface area contributed by atoms with E-state index in [1.54, 1.807) is 4.68 Å². The second-order valence-corrected chi connectivity index (χ2v) is 5.26. The highest BCUT2D eigenvalue weighted by Crippen LogP contribution is 2.09. The molecule has 0 fully saturated rings. The van der Waals surface area contributed by atoms with Gasteiger partial charge >= 0.3 is 5.97 Å². The van der Waals surface area contributed by atoms with E-state index in [9.17, 15) is 9.59 Å². The number of nitrogens with one attached hydrogen (secondary N) is 1. The van der Waals surface area contributed by atoms with E-state index in [4.69, 9.17) is 5.11 Å². The summed E-state index contributed by atoms with van der Waals surface area (Å²) in [5, 5.41) is 15.7. The first kappa shape index (κ1) is 16.2. The summed E-state index contributed by atoms with van der Waals surface area (Å²) >= 11 is 0. The number of aliphatic carboxylic acids is 1. The molecule has 1 heterocycles. The highest BCUT2D eigenvalue weighted by atomic mass is 16.4. The average Bonchev–Trinajstić information content (AvgIpc) is 2.65. The number of hydrogen-bond donors (Lipinski definition) is 2. The third kappa shape index (κ3) is 5.86. The van der Waals surface area contributed by atoms with Gasteiger partial charge in [-0.2, -0.15) is 5.10 Å². The summed E-state index contributed by atoms with van der Waals surface area (Å²) < 4.78 is 1.68. The Bertz CT molecular complexity index is 468. The zero-order valence-corrected chi connectivity index (χ0v) is 12.3. The van der Waals surface area contributed by atoms with Crippen LogP contribution in [-0.4, -0.2) is 33.3 Å². The molecule has 6 heteroatoms. The van der Waals surface area contributed by atoms with Crippen molar-refractivity contribution in [3.05, 3.63) is 17.5 Å².